The molecule has 1 saturated heterocycles. The van der Waals surface area contributed by atoms with Gasteiger partial charge in [-0.1, -0.05) is 0 Å². The van der Waals surface area contributed by atoms with Gasteiger partial charge in [-0.2, -0.15) is 0 Å². The number of nitrogens with one attached hydrogen (secondary N) is 1. The van der Waals surface area contributed by atoms with Crippen LogP contribution in [0.5, 0.6) is 0 Å². The van der Waals surface area contributed by atoms with Gasteiger partial charge in [0.05, 0.1) is 11.9 Å². The van der Waals surface area contributed by atoms with E-state index in [-0.39, 0.29) is 17.3 Å². The van der Waals surface area contributed by atoms with E-state index < -0.39 is 5.97 Å². The van der Waals surface area contributed by atoms with E-state index in [2.05, 4.69) is 15.3 Å². The zero-order valence-electron chi connectivity index (χ0n) is 11.4. The fourth-order valence-electron chi connectivity index (χ4n) is 2.48. The summed E-state index contributed by atoms with van der Waals surface area (Å²) in [7, 11) is 0. The summed E-state index contributed by atoms with van der Waals surface area (Å²) in [5.41, 5.74) is 0.655. The molecule has 0 atom stereocenters. The molecule has 3 rings (SSSR count). The highest BCUT2D eigenvalue weighted by Gasteiger charge is 2.23. The van der Waals surface area contributed by atoms with Crippen LogP contribution in [0.2, 0.25) is 0 Å². The summed E-state index contributed by atoms with van der Waals surface area (Å²) in [5.74, 6) is -0.376. The lowest BCUT2D eigenvalue weighted by molar-refractivity contribution is -0.119. The number of carboxylic acids is 1. The molecule has 0 spiro atoms. The van der Waals surface area contributed by atoms with Gasteiger partial charge >= 0.3 is 5.97 Å². The normalized spacial score (nSPS) is 15.9. The van der Waals surface area contributed by atoms with Gasteiger partial charge in [0.15, 0.2) is 0 Å². The van der Waals surface area contributed by atoms with Crippen LogP contribution in [0.1, 0.15) is 21.7 Å². The lowest BCUT2D eigenvalue weighted by Gasteiger charge is -2.20. The third kappa shape index (κ3) is 2.42. The number of thiophene rings is 1. The van der Waals surface area contributed by atoms with Gasteiger partial charge in [-0.3, -0.25) is 4.79 Å². The molecular weight excluding hydrogens is 292 g/mol. The predicted octanol–water partition coefficient (Wildman–Crippen LogP) is 1.02. The number of aromatic carboxylic acids is 1. The summed E-state index contributed by atoms with van der Waals surface area (Å²) in [6, 6.07) is 0. The van der Waals surface area contributed by atoms with Gasteiger partial charge in [0.1, 0.15) is 21.9 Å². The number of carboxylic acid groups (broad SMARTS) is 1. The average Bonchev–Trinajstić information content (AvgIpc) is 2.65. The lowest BCUT2D eigenvalue weighted by atomic mass is 10.2. The lowest BCUT2D eigenvalue weighted by Crippen LogP contribution is -2.33. The van der Waals surface area contributed by atoms with Crippen molar-refractivity contribution in [3.8, 4) is 0 Å². The molecule has 1 aliphatic rings. The van der Waals surface area contributed by atoms with Gasteiger partial charge in [0, 0.05) is 13.1 Å². The average molecular weight is 306 g/mol. The van der Waals surface area contributed by atoms with Crippen molar-refractivity contribution in [3.05, 3.63) is 16.8 Å². The van der Waals surface area contributed by atoms with E-state index in [1.165, 1.54) is 6.33 Å². The maximum atomic E-state index is 11.7. The summed E-state index contributed by atoms with van der Waals surface area (Å²) in [5, 5.41) is 12.8. The van der Waals surface area contributed by atoms with Crippen molar-refractivity contribution in [2.24, 2.45) is 0 Å². The molecule has 8 heteroatoms. The van der Waals surface area contributed by atoms with Crippen LogP contribution in [-0.2, 0) is 4.79 Å². The van der Waals surface area contributed by atoms with Crippen LogP contribution in [0.4, 0.5) is 5.82 Å². The van der Waals surface area contributed by atoms with Crippen LogP contribution >= 0.6 is 11.3 Å². The van der Waals surface area contributed by atoms with E-state index in [1.807, 2.05) is 4.90 Å². The Balaban J connectivity index is 2.13. The molecule has 2 N–H and O–H groups in total. The number of carbonyl (C=O) groups is 2. The van der Waals surface area contributed by atoms with E-state index in [4.69, 9.17) is 0 Å². The molecule has 0 aromatic carbocycles. The molecule has 0 bridgehead atoms. The Morgan fingerprint density at radius 2 is 2.29 bits per heavy atom. The Kier molecular flexibility index (Phi) is 3.46. The zero-order valence-corrected chi connectivity index (χ0v) is 12.2. The van der Waals surface area contributed by atoms with Crippen molar-refractivity contribution in [2.75, 3.05) is 24.5 Å². The molecule has 1 aliphatic heterocycles. The second kappa shape index (κ2) is 5.28. The molecule has 1 amide bonds. The summed E-state index contributed by atoms with van der Waals surface area (Å²) in [4.78, 5) is 34.2. The van der Waals surface area contributed by atoms with Gasteiger partial charge in [0.25, 0.3) is 0 Å². The van der Waals surface area contributed by atoms with Gasteiger partial charge in [-0.05, 0) is 18.9 Å². The van der Waals surface area contributed by atoms with Crippen LogP contribution in [-0.4, -0.2) is 46.6 Å². The van der Waals surface area contributed by atoms with Crippen molar-refractivity contribution in [1.29, 1.82) is 0 Å². The molecule has 1 fully saturated rings. The first-order valence-corrected chi connectivity index (χ1v) is 7.38. The highest BCUT2D eigenvalue weighted by molar-refractivity contribution is 7.20. The van der Waals surface area contributed by atoms with Gasteiger partial charge in [0.2, 0.25) is 5.91 Å². The van der Waals surface area contributed by atoms with Gasteiger partial charge in [-0.15, -0.1) is 11.3 Å². The van der Waals surface area contributed by atoms with Crippen molar-refractivity contribution < 1.29 is 14.7 Å². The third-order valence-corrected chi connectivity index (χ3v) is 4.65. The fraction of sp³-hybridized carbons (Fsp3) is 0.385. The predicted molar refractivity (Wildman–Crippen MR) is 79.0 cm³/mol. The number of amides is 1. The Labute approximate surface area is 124 Å². The molecule has 2 aromatic rings. The molecule has 2 aromatic heterocycles. The Morgan fingerprint density at radius 1 is 1.48 bits per heavy atom. The first-order valence-electron chi connectivity index (χ1n) is 6.57. The van der Waals surface area contributed by atoms with E-state index >= 15 is 0 Å². The number of rotatable bonds is 2. The van der Waals surface area contributed by atoms with Crippen LogP contribution in [0.25, 0.3) is 10.2 Å². The molecule has 21 heavy (non-hydrogen) atoms. The van der Waals surface area contributed by atoms with Gasteiger partial charge < -0.3 is 15.3 Å². The number of anilines is 1. The van der Waals surface area contributed by atoms with Crippen LogP contribution in [0, 0.1) is 6.92 Å². The van der Waals surface area contributed by atoms with Crippen molar-refractivity contribution >= 4 is 39.2 Å². The Hall–Kier alpha value is -2.22. The molecule has 0 saturated carbocycles. The monoisotopic (exact) mass is 306 g/mol. The summed E-state index contributed by atoms with van der Waals surface area (Å²) in [6.45, 7) is 3.33. The number of hydrogen-bond acceptors (Lipinski definition) is 6. The van der Waals surface area contributed by atoms with E-state index in [0.717, 1.165) is 23.1 Å². The molecule has 0 unspecified atom stereocenters. The highest BCUT2D eigenvalue weighted by atomic mass is 32.1. The SMILES string of the molecule is Cc1c(C(=O)O)sc2ncnc(N3CCCNC(=O)C3)c12. The minimum atomic E-state index is -0.963. The highest BCUT2D eigenvalue weighted by Crippen LogP contribution is 2.34. The minimum absolute atomic E-state index is 0.0504. The van der Waals surface area contributed by atoms with E-state index in [1.54, 1.807) is 6.92 Å². The molecule has 7 nitrogen and oxygen atoms in total. The Bertz CT molecular complexity index is 728. The molecular formula is C13H14N4O3S. The molecule has 3 heterocycles. The number of hydrogen-bond donors (Lipinski definition) is 2. The van der Waals surface area contributed by atoms with Crippen molar-refractivity contribution in [3.63, 3.8) is 0 Å². The summed E-state index contributed by atoms with van der Waals surface area (Å²) >= 11 is 1.14. The second-order valence-corrected chi connectivity index (χ2v) is 5.86. The number of fused-ring (bicyclic) bond motifs is 1. The third-order valence-electron chi connectivity index (χ3n) is 3.46. The number of aromatic nitrogens is 2. The second-order valence-electron chi connectivity index (χ2n) is 4.86. The van der Waals surface area contributed by atoms with E-state index in [9.17, 15) is 14.7 Å². The van der Waals surface area contributed by atoms with Crippen LogP contribution in [0.3, 0.4) is 0 Å². The zero-order chi connectivity index (χ0) is 15.0. The minimum Gasteiger partial charge on any atom is -0.477 e. The van der Waals surface area contributed by atoms with E-state index in [0.29, 0.717) is 29.3 Å². The molecule has 0 radical (unpaired) electrons. The van der Waals surface area contributed by atoms with Crippen molar-refractivity contribution in [2.45, 2.75) is 13.3 Å². The summed E-state index contributed by atoms with van der Waals surface area (Å²) in [6.07, 6.45) is 2.24. The summed E-state index contributed by atoms with van der Waals surface area (Å²) < 4.78 is 0. The standard InChI is InChI=1S/C13H14N4O3S/c1-7-9-11(17-4-2-3-14-8(18)5-17)15-6-16-12(9)21-10(7)13(19)20/h6H,2-5H2,1H3,(H,14,18)(H,19,20). The molecule has 110 valence electrons. The maximum absolute atomic E-state index is 11.7. The fourth-order valence-corrected chi connectivity index (χ4v) is 3.47. The largest absolute Gasteiger partial charge is 0.477 e. The first-order chi connectivity index (χ1) is 10.1. The Morgan fingerprint density at radius 3 is 3.05 bits per heavy atom. The topological polar surface area (TPSA) is 95.4 Å². The first kappa shape index (κ1) is 13.7. The smallest absolute Gasteiger partial charge is 0.346 e. The van der Waals surface area contributed by atoms with Crippen LogP contribution in [0.15, 0.2) is 6.33 Å². The number of nitrogens with zero attached hydrogens (tertiary/aromatic N) is 3. The quantitative estimate of drug-likeness (QED) is 0.860. The number of carbonyl (C=O) groups excluding carboxylic acids is 1. The van der Waals surface area contributed by atoms with Gasteiger partial charge in [-0.25, -0.2) is 14.8 Å². The van der Waals surface area contributed by atoms with Crippen molar-refractivity contribution in [1.82, 2.24) is 15.3 Å². The number of aryl methyl sites for hydroxylation is 1. The maximum Gasteiger partial charge on any atom is 0.346 e. The molecule has 0 aliphatic carbocycles. The van der Waals surface area contributed by atoms with Crippen LogP contribution < -0.4 is 10.2 Å².